The van der Waals surface area contributed by atoms with Crippen LogP contribution in [0, 0.1) is 0 Å². The molecule has 0 aromatic rings. The van der Waals surface area contributed by atoms with Crippen LogP contribution in [0.5, 0.6) is 0 Å². The van der Waals surface area contributed by atoms with Gasteiger partial charge < -0.3 is 20.4 Å². The van der Waals surface area contributed by atoms with Crippen LogP contribution in [0.2, 0.25) is 0 Å². The molecule has 18 heavy (non-hydrogen) atoms. The van der Waals surface area contributed by atoms with E-state index in [0.29, 0.717) is 0 Å². The number of carboxylic acid groups (broad SMARTS) is 2. The Hall–Kier alpha value is -1.14. The molecule has 4 N–H and O–H groups in total. The minimum atomic E-state index is -2.27. The Morgan fingerprint density at radius 2 is 1.06 bits per heavy atom. The highest BCUT2D eigenvalue weighted by Crippen LogP contribution is 2.03. The highest BCUT2D eigenvalue weighted by molar-refractivity contribution is 5.83. The molecule has 0 aliphatic heterocycles. The molecule has 0 radical (unpaired) electrons. The molecule has 0 saturated heterocycles. The maximum absolute atomic E-state index is 9.77. The van der Waals surface area contributed by atoms with E-state index in [1.807, 2.05) is 0 Å². The zero-order valence-corrected chi connectivity index (χ0v) is 11.0. The second-order valence-corrected chi connectivity index (χ2v) is 3.98. The van der Waals surface area contributed by atoms with E-state index in [4.69, 9.17) is 20.4 Å². The lowest BCUT2D eigenvalue weighted by atomic mass is 10.1. The van der Waals surface area contributed by atoms with Crippen molar-refractivity contribution in [2.75, 3.05) is 0 Å². The first-order valence-electron chi connectivity index (χ1n) is 6.20. The van der Waals surface area contributed by atoms with Crippen molar-refractivity contribution in [2.24, 2.45) is 0 Å². The average Bonchev–Trinajstić information content (AvgIpc) is 2.33. The van der Waals surface area contributed by atoms with Crippen molar-refractivity contribution >= 4 is 11.9 Å². The van der Waals surface area contributed by atoms with Crippen LogP contribution in [0.4, 0.5) is 0 Å². The fraction of sp³-hybridized carbons (Fsp3) is 0.833. The van der Waals surface area contributed by atoms with Gasteiger partial charge in [0.15, 0.2) is 12.2 Å². The number of carbonyl (C=O) groups is 2. The molecule has 0 aromatic heterocycles. The number of hydrogen-bond acceptors (Lipinski definition) is 4. The maximum atomic E-state index is 9.77. The molecule has 0 aromatic carbocycles. The lowest BCUT2D eigenvalue weighted by molar-refractivity contribution is -0.165. The van der Waals surface area contributed by atoms with Gasteiger partial charge in [-0.1, -0.05) is 52.4 Å². The van der Waals surface area contributed by atoms with Gasteiger partial charge in [-0.25, -0.2) is 9.59 Å². The Balaban J connectivity index is 0. The van der Waals surface area contributed by atoms with Gasteiger partial charge in [0.2, 0.25) is 0 Å². The molecule has 0 amide bonds. The Morgan fingerprint density at radius 3 is 1.22 bits per heavy atom. The van der Waals surface area contributed by atoms with Crippen molar-refractivity contribution in [3.63, 3.8) is 0 Å². The summed E-state index contributed by atoms with van der Waals surface area (Å²) >= 11 is 0. The smallest absolute Gasteiger partial charge is 0.335 e. The summed E-state index contributed by atoms with van der Waals surface area (Å²) in [6.45, 7) is 4.51. The van der Waals surface area contributed by atoms with Gasteiger partial charge in [0.05, 0.1) is 0 Å². The van der Waals surface area contributed by atoms with Crippen LogP contribution in [-0.4, -0.2) is 44.6 Å². The molecule has 0 fully saturated rings. The fourth-order valence-electron chi connectivity index (χ4n) is 1.12. The number of aliphatic hydroxyl groups excluding tert-OH is 2. The van der Waals surface area contributed by atoms with E-state index in [1.165, 1.54) is 38.5 Å². The lowest BCUT2D eigenvalue weighted by Gasteiger charge is -2.07. The van der Waals surface area contributed by atoms with Crippen LogP contribution in [0.25, 0.3) is 0 Å². The van der Waals surface area contributed by atoms with Crippen LogP contribution in [0.1, 0.15) is 52.4 Å². The van der Waals surface area contributed by atoms with E-state index in [1.54, 1.807) is 0 Å². The summed E-state index contributed by atoms with van der Waals surface area (Å²) < 4.78 is 0. The van der Waals surface area contributed by atoms with E-state index in [2.05, 4.69) is 13.8 Å². The lowest BCUT2D eigenvalue weighted by Crippen LogP contribution is -2.39. The quantitative estimate of drug-likeness (QED) is 0.490. The van der Waals surface area contributed by atoms with Crippen molar-refractivity contribution in [1.82, 2.24) is 0 Å². The first-order chi connectivity index (χ1) is 8.38. The van der Waals surface area contributed by atoms with Crippen molar-refractivity contribution in [2.45, 2.75) is 64.6 Å². The minimum absolute atomic E-state index is 1.36. The van der Waals surface area contributed by atoms with Crippen LogP contribution in [-0.2, 0) is 9.59 Å². The summed E-state index contributed by atoms with van der Waals surface area (Å²) in [4.78, 5) is 19.5. The molecule has 0 aliphatic carbocycles. The molecule has 0 unspecified atom stereocenters. The SMILES string of the molecule is CCCCCCCC.O=C(O)[C@H](O)[C@@H](O)C(=O)O. The van der Waals surface area contributed by atoms with E-state index < -0.39 is 24.1 Å². The van der Waals surface area contributed by atoms with E-state index in [0.717, 1.165) is 0 Å². The molecule has 0 heterocycles. The standard InChI is InChI=1S/C8H18.C4H6O6/c1-3-5-7-8-6-4-2;5-1(3(7)8)2(6)4(9)10/h3-8H2,1-2H3;1-2,5-6H,(H,7,8)(H,9,10)/t;1-,2-/m.1/s1. The summed E-state index contributed by atoms with van der Waals surface area (Å²) in [5.41, 5.74) is 0. The van der Waals surface area contributed by atoms with Crippen molar-refractivity contribution in [3.8, 4) is 0 Å². The zero-order chi connectivity index (χ0) is 14.6. The number of hydrogen-bond donors (Lipinski definition) is 4. The van der Waals surface area contributed by atoms with Crippen molar-refractivity contribution < 1.29 is 30.0 Å². The van der Waals surface area contributed by atoms with Gasteiger partial charge in [0.1, 0.15) is 0 Å². The molecule has 0 saturated carbocycles. The molecule has 0 aliphatic rings. The summed E-state index contributed by atoms with van der Waals surface area (Å²) in [5.74, 6) is -3.54. The average molecular weight is 264 g/mol. The number of carboxylic acids is 2. The molecular formula is C12H24O6. The third-order valence-electron chi connectivity index (χ3n) is 2.26. The number of aliphatic hydroxyl groups is 2. The number of unbranched alkanes of at least 4 members (excludes halogenated alkanes) is 5. The van der Waals surface area contributed by atoms with E-state index >= 15 is 0 Å². The Kier molecular flexibility index (Phi) is 13.1. The third-order valence-corrected chi connectivity index (χ3v) is 2.26. The summed E-state index contributed by atoms with van der Waals surface area (Å²) in [6, 6.07) is 0. The van der Waals surface area contributed by atoms with Gasteiger partial charge in [0.25, 0.3) is 0 Å². The van der Waals surface area contributed by atoms with E-state index in [9.17, 15) is 9.59 Å². The van der Waals surface area contributed by atoms with Gasteiger partial charge in [-0.2, -0.15) is 0 Å². The molecular weight excluding hydrogens is 240 g/mol. The number of aliphatic carboxylic acids is 2. The first kappa shape index (κ1) is 19.2. The van der Waals surface area contributed by atoms with Crippen molar-refractivity contribution in [3.05, 3.63) is 0 Å². The van der Waals surface area contributed by atoms with Gasteiger partial charge in [-0.05, 0) is 0 Å². The van der Waals surface area contributed by atoms with Gasteiger partial charge in [-0.3, -0.25) is 0 Å². The summed E-state index contributed by atoms with van der Waals surface area (Å²) in [6.07, 6.45) is 3.96. The van der Waals surface area contributed by atoms with Crippen LogP contribution in [0.3, 0.4) is 0 Å². The zero-order valence-electron chi connectivity index (χ0n) is 11.0. The Morgan fingerprint density at radius 1 is 0.778 bits per heavy atom. The molecule has 0 bridgehead atoms. The Labute approximate surface area is 107 Å². The highest BCUT2D eigenvalue weighted by Gasteiger charge is 2.29. The van der Waals surface area contributed by atoms with Crippen LogP contribution in [0.15, 0.2) is 0 Å². The highest BCUT2D eigenvalue weighted by atomic mass is 16.4. The van der Waals surface area contributed by atoms with Crippen LogP contribution >= 0.6 is 0 Å². The first-order valence-corrected chi connectivity index (χ1v) is 6.20. The van der Waals surface area contributed by atoms with Gasteiger partial charge >= 0.3 is 11.9 Å². The molecule has 6 nitrogen and oxygen atoms in total. The van der Waals surface area contributed by atoms with E-state index in [-0.39, 0.29) is 0 Å². The monoisotopic (exact) mass is 264 g/mol. The summed E-state index contributed by atoms with van der Waals surface area (Å²) in [5, 5.41) is 32.5. The molecule has 0 rings (SSSR count). The second-order valence-electron chi connectivity index (χ2n) is 3.98. The van der Waals surface area contributed by atoms with Crippen molar-refractivity contribution in [1.29, 1.82) is 0 Å². The number of rotatable bonds is 8. The molecule has 6 heteroatoms. The topological polar surface area (TPSA) is 115 Å². The summed E-state index contributed by atoms with van der Waals surface area (Å²) in [7, 11) is 0. The minimum Gasteiger partial charge on any atom is -0.479 e. The third kappa shape index (κ3) is 11.3. The van der Waals surface area contributed by atoms with Crippen LogP contribution < -0.4 is 0 Å². The largest absolute Gasteiger partial charge is 0.479 e. The molecule has 0 spiro atoms. The van der Waals surface area contributed by atoms with Gasteiger partial charge in [0, 0.05) is 0 Å². The fourth-order valence-corrected chi connectivity index (χ4v) is 1.12. The normalized spacial score (nSPS) is 13.1. The predicted molar refractivity (Wildman–Crippen MR) is 66.3 cm³/mol. The second kappa shape index (κ2) is 12.3. The predicted octanol–water partition coefficient (Wildman–Crippen LogP) is 1.24. The molecule has 108 valence electrons. The molecule has 2 atom stereocenters. The maximum Gasteiger partial charge on any atom is 0.335 e. The Bertz CT molecular complexity index is 205. The van der Waals surface area contributed by atoms with Gasteiger partial charge in [-0.15, -0.1) is 0 Å².